The molecule has 0 bridgehead atoms. The second-order valence-corrected chi connectivity index (χ2v) is 8.86. The summed E-state index contributed by atoms with van der Waals surface area (Å²) >= 11 is 0. The van der Waals surface area contributed by atoms with E-state index < -0.39 is 18.1 Å². The molecule has 0 radical (unpaired) electrons. The standard InChI is InChI=1S/C27H24N4O5/c32-21-7-8-23(25(33)18-3-1-9-28-13-18)24-12-20(6-5-17(24)11-21)31-16-22(36-27(31)35)15-30-26(34)19-4-2-10-29-14-19/h1-6,9-10,12-14,22-23H,7-8,11,15-16H2,(H,30,34)/t22-,23-/m0/s1. The Morgan fingerprint density at radius 2 is 1.78 bits per heavy atom. The lowest BCUT2D eigenvalue weighted by molar-refractivity contribution is -0.118. The lowest BCUT2D eigenvalue weighted by atomic mass is 9.86. The van der Waals surface area contributed by atoms with Gasteiger partial charge in [-0.3, -0.25) is 29.3 Å². The van der Waals surface area contributed by atoms with Crippen LogP contribution >= 0.6 is 0 Å². The van der Waals surface area contributed by atoms with Crippen LogP contribution in [0.25, 0.3) is 0 Å². The Morgan fingerprint density at radius 1 is 1.03 bits per heavy atom. The van der Waals surface area contributed by atoms with Crippen LogP contribution in [0.3, 0.4) is 0 Å². The van der Waals surface area contributed by atoms with Crippen molar-refractivity contribution in [2.75, 3.05) is 18.0 Å². The molecule has 3 heterocycles. The number of cyclic esters (lactones) is 1. The van der Waals surface area contributed by atoms with Crippen LogP contribution in [0.5, 0.6) is 0 Å². The lowest BCUT2D eigenvalue weighted by Crippen LogP contribution is -2.34. The van der Waals surface area contributed by atoms with Gasteiger partial charge in [-0.05, 0) is 53.9 Å². The van der Waals surface area contributed by atoms with Crippen LogP contribution in [0.1, 0.15) is 50.6 Å². The van der Waals surface area contributed by atoms with E-state index in [0.29, 0.717) is 29.7 Å². The zero-order valence-electron chi connectivity index (χ0n) is 19.4. The molecule has 0 spiro atoms. The number of rotatable bonds is 6. The summed E-state index contributed by atoms with van der Waals surface area (Å²) < 4.78 is 5.47. The van der Waals surface area contributed by atoms with Crippen LogP contribution in [-0.4, -0.2) is 52.7 Å². The number of hydrogen-bond acceptors (Lipinski definition) is 7. The van der Waals surface area contributed by atoms with Crippen molar-refractivity contribution < 1.29 is 23.9 Å². The molecule has 5 rings (SSSR count). The Morgan fingerprint density at radius 3 is 2.50 bits per heavy atom. The van der Waals surface area contributed by atoms with Gasteiger partial charge in [0.05, 0.1) is 18.7 Å². The molecule has 1 aliphatic heterocycles. The molecule has 182 valence electrons. The van der Waals surface area contributed by atoms with Crippen molar-refractivity contribution in [3.8, 4) is 0 Å². The average molecular weight is 485 g/mol. The highest BCUT2D eigenvalue weighted by atomic mass is 16.6. The van der Waals surface area contributed by atoms with Gasteiger partial charge in [0.25, 0.3) is 5.91 Å². The van der Waals surface area contributed by atoms with Crippen LogP contribution in [0.4, 0.5) is 10.5 Å². The number of carbonyl (C=O) groups is 4. The predicted octanol–water partition coefficient (Wildman–Crippen LogP) is 3.10. The summed E-state index contributed by atoms with van der Waals surface area (Å²) in [7, 11) is 0. The highest BCUT2D eigenvalue weighted by Gasteiger charge is 2.35. The predicted molar refractivity (Wildman–Crippen MR) is 130 cm³/mol. The topological polar surface area (TPSA) is 119 Å². The minimum absolute atomic E-state index is 0.0792. The Kier molecular flexibility index (Phi) is 6.53. The number of ether oxygens (including phenoxy) is 1. The molecule has 36 heavy (non-hydrogen) atoms. The fraction of sp³-hybridized carbons (Fsp3) is 0.259. The van der Waals surface area contributed by atoms with Crippen LogP contribution in [0, 0.1) is 0 Å². The molecule has 1 aliphatic carbocycles. The van der Waals surface area contributed by atoms with Gasteiger partial charge in [0.2, 0.25) is 0 Å². The van der Waals surface area contributed by atoms with Gasteiger partial charge < -0.3 is 10.1 Å². The molecule has 2 aromatic heterocycles. The molecule has 2 amide bonds. The summed E-state index contributed by atoms with van der Waals surface area (Å²) in [6, 6.07) is 12.1. The summed E-state index contributed by atoms with van der Waals surface area (Å²) in [6.07, 6.45) is 6.07. The molecular formula is C27H24N4O5. The normalized spacial score (nSPS) is 19.3. The number of anilines is 1. The van der Waals surface area contributed by atoms with Gasteiger partial charge in [-0.15, -0.1) is 0 Å². The zero-order chi connectivity index (χ0) is 25.1. The van der Waals surface area contributed by atoms with Gasteiger partial charge in [-0.1, -0.05) is 6.07 Å². The van der Waals surface area contributed by atoms with Gasteiger partial charge in [0.15, 0.2) is 5.78 Å². The molecule has 9 heteroatoms. The highest BCUT2D eigenvalue weighted by Crippen LogP contribution is 2.35. The van der Waals surface area contributed by atoms with E-state index in [0.717, 1.165) is 11.1 Å². The van der Waals surface area contributed by atoms with E-state index >= 15 is 0 Å². The number of carbonyl (C=O) groups excluding carboxylic acids is 4. The lowest BCUT2D eigenvalue weighted by Gasteiger charge is -2.20. The number of amides is 2. The van der Waals surface area contributed by atoms with E-state index in [1.807, 2.05) is 12.1 Å². The SMILES string of the molecule is O=C1CC[C@H](C(=O)c2cccnc2)c2cc(N3C[C@H](CNC(=O)c4cccnc4)OC3=O)ccc2C1. The zero-order valence-corrected chi connectivity index (χ0v) is 19.4. The molecule has 1 fully saturated rings. The van der Waals surface area contributed by atoms with Crippen molar-refractivity contribution in [2.45, 2.75) is 31.3 Å². The number of aromatic nitrogens is 2. The number of fused-ring (bicyclic) bond motifs is 1. The van der Waals surface area contributed by atoms with Crippen LogP contribution in [-0.2, 0) is 16.0 Å². The fourth-order valence-electron chi connectivity index (χ4n) is 4.62. The molecule has 3 aromatic rings. The number of nitrogens with one attached hydrogen (secondary N) is 1. The number of ketones is 2. The van der Waals surface area contributed by atoms with Gasteiger partial charge in [0, 0.05) is 54.8 Å². The average Bonchev–Trinajstić information content (AvgIpc) is 3.20. The van der Waals surface area contributed by atoms with Gasteiger partial charge in [0.1, 0.15) is 11.9 Å². The number of benzene rings is 1. The van der Waals surface area contributed by atoms with E-state index in [9.17, 15) is 19.2 Å². The molecule has 1 saturated heterocycles. The summed E-state index contributed by atoms with van der Waals surface area (Å²) in [5.41, 5.74) is 3.02. The third-order valence-electron chi connectivity index (χ3n) is 6.47. The first-order valence-electron chi connectivity index (χ1n) is 11.7. The van der Waals surface area contributed by atoms with Crippen molar-refractivity contribution >= 4 is 29.3 Å². The van der Waals surface area contributed by atoms with Crippen LogP contribution in [0.2, 0.25) is 0 Å². The molecule has 0 unspecified atom stereocenters. The fourth-order valence-corrected chi connectivity index (χ4v) is 4.62. The maximum Gasteiger partial charge on any atom is 0.414 e. The van der Waals surface area contributed by atoms with E-state index in [1.165, 1.54) is 17.3 Å². The second-order valence-electron chi connectivity index (χ2n) is 8.86. The Bertz CT molecular complexity index is 1310. The number of nitrogens with zero attached hydrogens (tertiary/aromatic N) is 3. The van der Waals surface area contributed by atoms with Crippen molar-refractivity contribution in [3.05, 3.63) is 89.5 Å². The maximum absolute atomic E-state index is 13.3. The smallest absolute Gasteiger partial charge is 0.414 e. The highest BCUT2D eigenvalue weighted by molar-refractivity contribution is 6.02. The van der Waals surface area contributed by atoms with Crippen LogP contribution in [0.15, 0.2) is 67.3 Å². The summed E-state index contributed by atoms with van der Waals surface area (Å²) in [4.78, 5) is 60.2. The van der Waals surface area contributed by atoms with Crippen molar-refractivity contribution in [1.29, 1.82) is 0 Å². The third kappa shape index (κ3) is 4.86. The number of pyridine rings is 2. The first kappa shape index (κ1) is 23.3. The molecular weight excluding hydrogens is 460 g/mol. The van der Waals surface area contributed by atoms with Crippen molar-refractivity contribution in [3.63, 3.8) is 0 Å². The van der Waals surface area contributed by atoms with Gasteiger partial charge >= 0.3 is 6.09 Å². The molecule has 2 atom stereocenters. The monoisotopic (exact) mass is 484 g/mol. The van der Waals surface area contributed by atoms with Gasteiger partial charge in [-0.2, -0.15) is 0 Å². The Hall–Kier alpha value is -4.40. The van der Waals surface area contributed by atoms with Crippen molar-refractivity contribution in [1.82, 2.24) is 15.3 Å². The molecule has 9 nitrogen and oxygen atoms in total. The maximum atomic E-state index is 13.3. The Labute approximate surface area is 207 Å². The molecule has 1 aromatic carbocycles. The molecule has 0 saturated carbocycles. The van der Waals surface area contributed by atoms with Gasteiger partial charge in [-0.25, -0.2) is 4.79 Å². The minimum atomic E-state index is -0.536. The largest absolute Gasteiger partial charge is 0.442 e. The van der Waals surface area contributed by atoms with Crippen molar-refractivity contribution in [2.24, 2.45) is 0 Å². The first-order chi connectivity index (χ1) is 17.5. The second kappa shape index (κ2) is 10.1. The summed E-state index contributed by atoms with van der Waals surface area (Å²) in [5, 5.41) is 2.77. The van der Waals surface area contributed by atoms with E-state index in [2.05, 4.69) is 15.3 Å². The first-order valence-corrected chi connectivity index (χ1v) is 11.7. The quantitative estimate of drug-likeness (QED) is 0.422. The number of hydrogen-bond donors (Lipinski definition) is 1. The van der Waals surface area contributed by atoms with Crippen LogP contribution < -0.4 is 10.2 Å². The minimum Gasteiger partial charge on any atom is -0.442 e. The molecule has 1 N–H and O–H groups in total. The molecule has 2 aliphatic rings. The van der Waals surface area contributed by atoms with E-state index in [1.54, 1.807) is 42.7 Å². The third-order valence-corrected chi connectivity index (χ3v) is 6.47. The van der Waals surface area contributed by atoms with E-state index in [4.69, 9.17) is 4.74 Å². The Balaban J connectivity index is 1.34. The summed E-state index contributed by atoms with van der Waals surface area (Å²) in [6.45, 7) is 0.391. The summed E-state index contributed by atoms with van der Waals surface area (Å²) in [5.74, 6) is -0.834. The van der Waals surface area contributed by atoms with E-state index in [-0.39, 0.29) is 37.0 Å². The number of Topliss-reactive ketones (excluding diaryl/α,β-unsaturated/α-hetero) is 2.